The van der Waals surface area contributed by atoms with Gasteiger partial charge in [-0.1, -0.05) is 32.4 Å². The summed E-state index contributed by atoms with van der Waals surface area (Å²) >= 11 is 6.10. The molecule has 1 atom stereocenters. The average Bonchev–Trinajstić information content (AvgIpc) is 2.59. The second-order valence-corrected chi connectivity index (χ2v) is 4.98. The van der Waals surface area contributed by atoms with Gasteiger partial charge >= 0.3 is 0 Å². The molecule has 0 unspecified atom stereocenters. The van der Waals surface area contributed by atoms with Gasteiger partial charge in [0.2, 0.25) is 0 Å². The third-order valence-corrected chi connectivity index (χ3v) is 2.81. The summed E-state index contributed by atoms with van der Waals surface area (Å²) in [5.41, 5.74) is 0.836. The smallest absolute Gasteiger partial charge is 0.107 e. The number of ether oxygens (including phenoxy) is 1. The second-order valence-electron chi connectivity index (χ2n) is 4.57. The average molecular weight is 245 g/mol. The van der Waals surface area contributed by atoms with Crippen LogP contribution in [0, 0.1) is 5.92 Å². The van der Waals surface area contributed by atoms with E-state index in [1.807, 2.05) is 10.9 Å². The quantitative estimate of drug-likeness (QED) is 0.763. The molecule has 0 bridgehead atoms. The molecule has 0 fully saturated rings. The van der Waals surface area contributed by atoms with Crippen LogP contribution in [0.4, 0.5) is 0 Å². The molecule has 92 valence electrons. The first-order chi connectivity index (χ1) is 7.54. The number of halogens is 1. The maximum Gasteiger partial charge on any atom is 0.107 e. The number of hydrogen-bond donors (Lipinski definition) is 0. The molecule has 0 spiro atoms. The van der Waals surface area contributed by atoms with Crippen molar-refractivity contribution < 1.29 is 4.74 Å². The Bertz CT molecular complexity index is 323. The van der Waals surface area contributed by atoms with Crippen molar-refractivity contribution in [3.63, 3.8) is 0 Å². The van der Waals surface area contributed by atoms with E-state index in [0.717, 1.165) is 18.7 Å². The number of hydrogen-bond acceptors (Lipinski definition) is 2. The van der Waals surface area contributed by atoms with Crippen molar-refractivity contribution in [1.82, 2.24) is 9.78 Å². The lowest BCUT2D eigenvalue weighted by Crippen LogP contribution is -2.06. The molecular weight excluding hydrogens is 224 g/mol. The van der Waals surface area contributed by atoms with Gasteiger partial charge in [0, 0.05) is 18.8 Å². The van der Waals surface area contributed by atoms with E-state index in [1.54, 1.807) is 0 Å². The molecule has 16 heavy (non-hydrogen) atoms. The van der Waals surface area contributed by atoms with Crippen LogP contribution in [-0.4, -0.2) is 16.4 Å². The van der Waals surface area contributed by atoms with Gasteiger partial charge in [-0.25, -0.2) is 0 Å². The Morgan fingerprint density at radius 3 is 2.69 bits per heavy atom. The van der Waals surface area contributed by atoms with Crippen LogP contribution in [-0.2, 0) is 11.3 Å². The standard InChI is InChI=1S/C12H21ClN2O/c1-5-10(4)15-6-11(13)12(14-15)8-16-7-9(2)3/h6,9-10H,5,7-8H2,1-4H3/t10-/m1/s1. The van der Waals surface area contributed by atoms with Gasteiger partial charge < -0.3 is 4.74 Å². The van der Waals surface area contributed by atoms with Crippen LogP contribution in [0.25, 0.3) is 0 Å². The molecule has 3 nitrogen and oxygen atoms in total. The molecule has 1 heterocycles. The first-order valence-electron chi connectivity index (χ1n) is 5.85. The fraction of sp³-hybridized carbons (Fsp3) is 0.750. The van der Waals surface area contributed by atoms with Crippen LogP contribution < -0.4 is 0 Å². The van der Waals surface area contributed by atoms with Gasteiger partial charge in [-0.3, -0.25) is 4.68 Å². The first kappa shape index (κ1) is 13.5. The van der Waals surface area contributed by atoms with E-state index in [0.29, 0.717) is 23.6 Å². The fourth-order valence-corrected chi connectivity index (χ4v) is 1.50. The Labute approximate surface area is 103 Å². The molecule has 0 aromatic carbocycles. The van der Waals surface area contributed by atoms with Crippen molar-refractivity contribution in [3.8, 4) is 0 Å². The summed E-state index contributed by atoms with van der Waals surface area (Å²) < 4.78 is 7.44. The molecule has 1 aromatic rings. The Hall–Kier alpha value is -0.540. The van der Waals surface area contributed by atoms with Crippen LogP contribution >= 0.6 is 11.6 Å². The van der Waals surface area contributed by atoms with Crippen LogP contribution in [0.5, 0.6) is 0 Å². The molecule has 0 amide bonds. The van der Waals surface area contributed by atoms with E-state index in [-0.39, 0.29) is 0 Å². The zero-order valence-electron chi connectivity index (χ0n) is 10.5. The minimum absolute atomic E-state index is 0.386. The maximum atomic E-state index is 6.10. The molecule has 0 saturated carbocycles. The highest BCUT2D eigenvalue weighted by atomic mass is 35.5. The second kappa shape index (κ2) is 6.26. The van der Waals surface area contributed by atoms with Crippen LogP contribution in [0.3, 0.4) is 0 Å². The predicted octanol–water partition coefficient (Wildman–Crippen LogP) is 3.68. The Morgan fingerprint density at radius 2 is 2.12 bits per heavy atom. The van der Waals surface area contributed by atoms with E-state index in [4.69, 9.17) is 16.3 Å². The third-order valence-electron chi connectivity index (χ3n) is 2.49. The highest BCUT2D eigenvalue weighted by molar-refractivity contribution is 6.31. The third kappa shape index (κ3) is 3.80. The van der Waals surface area contributed by atoms with Gasteiger partial charge in [-0.2, -0.15) is 5.10 Å². The van der Waals surface area contributed by atoms with Crippen molar-refractivity contribution in [2.75, 3.05) is 6.61 Å². The molecule has 1 aromatic heterocycles. The van der Waals surface area contributed by atoms with Gasteiger partial charge in [0.1, 0.15) is 5.69 Å². The maximum absolute atomic E-state index is 6.10. The molecule has 4 heteroatoms. The van der Waals surface area contributed by atoms with Crippen molar-refractivity contribution in [2.45, 2.75) is 46.8 Å². The molecule has 0 aliphatic heterocycles. The molecule has 0 aliphatic carbocycles. The molecule has 0 N–H and O–H groups in total. The Balaban J connectivity index is 2.56. The predicted molar refractivity (Wildman–Crippen MR) is 66.7 cm³/mol. The minimum atomic E-state index is 0.386. The molecule has 1 rings (SSSR count). The van der Waals surface area contributed by atoms with E-state index < -0.39 is 0 Å². The largest absolute Gasteiger partial charge is 0.375 e. The van der Waals surface area contributed by atoms with Crippen molar-refractivity contribution in [1.29, 1.82) is 0 Å². The Morgan fingerprint density at radius 1 is 1.44 bits per heavy atom. The van der Waals surface area contributed by atoms with Gasteiger partial charge in [0.05, 0.1) is 11.6 Å². The van der Waals surface area contributed by atoms with Crippen molar-refractivity contribution in [3.05, 3.63) is 16.9 Å². The molecule has 0 saturated heterocycles. The number of rotatable bonds is 6. The first-order valence-corrected chi connectivity index (χ1v) is 6.23. The molecular formula is C12H21ClN2O. The van der Waals surface area contributed by atoms with Gasteiger partial charge in [-0.05, 0) is 19.3 Å². The van der Waals surface area contributed by atoms with Crippen molar-refractivity contribution >= 4 is 11.6 Å². The Kier molecular flexibility index (Phi) is 5.29. The topological polar surface area (TPSA) is 27.1 Å². The lowest BCUT2D eigenvalue weighted by Gasteiger charge is -2.08. The zero-order valence-corrected chi connectivity index (χ0v) is 11.3. The van der Waals surface area contributed by atoms with Crippen LogP contribution in [0.1, 0.15) is 45.9 Å². The van der Waals surface area contributed by atoms with E-state index >= 15 is 0 Å². The highest BCUT2D eigenvalue weighted by Crippen LogP contribution is 2.19. The summed E-state index contributed by atoms with van der Waals surface area (Å²) in [5.74, 6) is 0.537. The summed E-state index contributed by atoms with van der Waals surface area (Å²) in [7, 11) is 0. The monoisotopic (exact) mass is 244 g/mol. The summed E-state index contributed by atoms with van der Waals surface area (Å²) in [5, 5.41) is 5.14. The van der Waals surface area contributed by atoms with E-state index in [1.165, 1.54) is 0 Å². The number of nitrogens with zero attached hydrogens (tertiary/aromatic N) is 2. The van der Waals surface area contributed by atoms with E-state index in [2.05, 4.69) is 32.8 Å². The fourth-order valence-electron chi connectivity index (χ4n) is 1.31. The summed E-state index contributed by atoms with van der Waals surface area (Å²) in [4.78, 5) is 0. The van der Waals surface area contributed by atoms with Gasteiger partial charge in [-0.15, -0.1) is 0 Å². The normalized spacial score (nSPS) is 13.4. The minimum Gasteiger partial charge on any atom is -0.375 e. The van der Waals surface area contributed by atoms with Crippen LogP contribution in [0.2, 0.25) is 5.02 Å². The van der Waals surface area contributed by atoms with Crippen LogP contribution in [0.15, 0.2) is 6.20 Å². The lowest BCUT2D eigenvalue weighted by atomic mass is 10.2. The van der Waals surface area contributed by atoms with Gasteiger partial charge in [0.15, 0.2) is 0 Å². The molecule has 0 aliphatic rings. The SMILES string of the molecule is CC[C@@H](C)n1cc(Cl)c(COCC(C)C)n1. The summed E-state index contributed by atoms with van der Waals surface area (Å²) in [6.07, 6.45) is 2.92. The highest BCUT2D eigenvalue weighted by Gasteiger charge is 2.10. The van der Waals surface area contributed by atoms with Crippen molar-refractivity contribution in [2.24, 2.45) is 5.92 Å². The summed E-state index contributed by atoms with van der Waals surface area (Å²) in [6.45, 7) is 9.75. The van der Waals surface area contributed by atoms with Gasteiger partial charge in [0.25, 0.3) is 0 Å². The lowest BCUT2D eigenvalue weighted by molar-refractivity contribution is 0.0943. The number of aromatic nitrogens is 2. The summed E-state index contributed by atoms with van der Waals surface area (Å²) in [6, 6.07) is 0.386. The zero-order chi connectivity index (χ0) is 12.1. The molecule has 0 radical (unpaired) electrons. The van der Waals surface area contributed by atoms with E-state index in [9.17, 15) is 0 Å².